The van der Waals surface area contributed by atoms with Gasteiger partial charge in [0.2, 0.25) is 0 Å². The van der Waals surface area contributed by atoms with Crippen LogP contribution in [0, 0.1) is 0 Å². The molecule has 0 bridgehead atoms. The monoisotopic (exact) mass is 364 g/mol. The first-order valence-electron chi connectivity index (χ1n) is 9.29. The average Bonchev–Trinajstić information content (AvgIpc) is 3.07. The van der Waals surface area contributed by atoms with Gasteiger partial charge in [-0.05, 0) is 44.6 Å². The highest BCUT2D eigenvalue weighted by atomic mass is 32.2. The van der Waals surface area contributed by atoms with Crippen LogP contribution in [0.15, 0.2) is 35.3 Å². The van der Waals surface area contributed by atoms with Crippen molar-refractivity contribution in [1.82, 2.24) is 10.6 Å². The number of anilines is 1. The van der Waals surface area contributed by atoms with Crippen molar-refractivity contribution in [2.75, 3.05) is 49.1 Å². The van der Waals surface area contributed by atoms with Gasteiger partial charge in [0.05, 0.1) is 12.1 Å². The Morgan fingerprint density at radius 2 is 2.08 bits per heavy atom. The highest BCUT2D eigenvalue weighted by molar-refractivity contribution is 7.99. The molecule has 6 heteroatoms. The second kappa shape index (κ2) is 10.6. The zero-order valence-electron chi connectivity index (χ0n) is 15.5. The van der Waals surface area contributed by atoms with Crippen molar-refractivity contribution in [1.29, 1.82) is 0 Å². The minimum atomic E-state index is -0.626. The normalized spacial score (nSPS) is 20.5. The fourth-order valence-electron chi connectivity index (χ4n) is 2.87. The number of hydrogen-bond donors (Lipinski definition) is 3. The molecule has 1 aromatic rings. The molecule has 1 aliphatic rings. The maximum atomic E-state index is 10.4. The lowest BCUT2D eigenvalue weighted by atomic mass is 10.1. The number of nitrogens with one attached hydrogen (secondary N) is 2. The smallest absolute Gasteiger partial charge is 0.191 e. The molecule has 0 spiro atoms. The van der Waals surface area contributed by atoms with Crippen LogP contribution in [0.2, 0.25) is 0 Å². The molecule has 0 amide bonds. The number of nitrogens with zero attached hydrogens (tertiary/aromatic N) is 2. The minimum absolute atomic E-state index is 0.473. The third-order valence-corrected chi connectivity index (χ3v) is 5.59. The highest BCUT2D eigenvalue weighted by Crippen LogP contribution is 2.27. The van der Waals surface area contributed by atoms with Crippen molar-refractivity contribution in [2.45, 2.75) is 32.3 Å². The standard InChI is InChI=1S/C19H32N4OS/c1-3-20-18(22-15-19(24)11-14-25-16-19)21-12-8-13-23(4-2)17-9-6-5-7-10-17/h5-7,9-10,24H,3-4,8,11-16H2,1-2H3,(H2,20,21,22). The van der Waals surface area contributed by atoms with E-state index in [2.05, 4.69) is 64.7 Å². The second-order valence-electron chi connectivity index (χ2n) is 6.42. The summed E-state index contributed by atoms with van der Waals surface area (Å²) in [6.45, 7) is 8.42. The van der Waals surface area contributed by atoms with E-state index in [4.69, 9.17) is 0 Å². The summed E-state index contributed by atoms with van der Waals surface area (Å²) in [6.07, 6.45) is 1.87. The van der Waals surface area contributed by atoms with E-state index in [-0.39, 0.29) is 0 Å². The van der Waals surface area contributed by atoms with E-state index < -0.39 is 5.60 Å². The van der Waals surface area contributed by atoms with Crippen molar-refractivity contribution >= 4 is 23.4 Å². The van der Waals surface area contributed by atoms with Crippen LogP contribution in [0.25, 0.3) is 0 Å². The summed E-state index contributed by atoms with van der Waals surface area (Å²) in [5, 5.41) is 17.1. The Labute approximate surface area is 156 Å². The van der Waals surface area contributed by atoms with E-state index >= 15 is 0 Å². The molecular formula is C19H32N4OS. The van der Waals surface area contributed by atoms with Crippen molar-refractivity contribution in [3.8, 4) is 0 Å². The Bertz CT molecular complexity index is 517. The maximum Gasteiger partial charge on any atom is 0.191 e. The van der Waals surface area contributed by atoms with Crippen molar-refractivity contribution in [3.63, 3.8) is 0 Å². The van der Waals surface area contributed by atoms with Crippen molar-refractivity contribution in [3.05, 3.63) is 30.3 Å². The number of para-hydroxylation sites is 1. The quantitative estimate of drug-likeness (QED) is 0.357. The fourth-order valence-corrected chi connectivity index (χ4v) is 4.16. The molecule has 1 unspecified atom stereocenters. The summed E-state index contributed by atoms with van der Waals surface area (Å²) in [5.41, 5.74) is 0.644. The number of rotatable bonds is 9. The third kappa shape index (κ3) is 6.78. The molecule has 1 aliphatic heterocycles. The predicted octanol–water partition coefficient (Wildman–Crippen LogP) is 2.33. The molecule has 0 aliphatic carbocycles. The van der Waals surface area contributed by atoms with Crippen molar-refractivity contribution < 1.29 is 5.11 Å². The van der Waals surface area contributed by atoms with Crippen LogP contribution in [0.1, 0.15) is 26.7 Å². The van der Waals surface area contributed by atoms with Crippen LogP contribution in [-0.4, -0.2) is 60.9 Å². The first-order chi connectivity index (χ1) is 12.2. The van der Waals surface area contributed by atoms with Crippen LogP contribution in [0.5, 0.6) is 0 Å². The van der Waals surface area contributed by atoms with E-state index in [0.29, 0.717) is 6.54 Å². The molecule has 140 valence electrons. The first-order valence-corrected chi connectivity index (χ1v) is 10.4. The topological polar surface area (TPSA) is 59.9 Å². The summed E-state index contributed by atoms with van der Waals surface area (Å²) in [6, 6.07) is 10.5. The SMILES string of the molecule is CCNC(=NCC1(O)CCSC1)NCCCN(CC)c1ccccc1. The molecule has 1 fully saturated rings. The van der Waals surface area contributed by atoms with Gasteiger partial charge in [-0.3, -0.25) is 4.99 Å². The number of benzene rings is 1. The van der Waals surface area contributed by atoms with Gasteiger partial charge in [0.15, 0.2) is 5.96 Å². The van der Waals surface area contributed by atoms with E-state index in [1.165, 1.54) is 5.69 Å². The predicted molar refractivity (Wildman–Crippen MR) is 110 cm³/mol. The van der Waals surface area contributed by atoms with Gasteiger partial charge in [-0.25, -0.2) is 0 Å². The summed E-state index contributed by atoms with van der Waals surface area (Å²) < 4.78 is 0. The van der Waals surface area contributed by atoms with Gasteiger partial charge in [0, 0.05) is 37.6 Å². The van der Waals surface area contributed by atoms with Crippen LogP contribution < -0.4 is 15.5 Å². The third-order valence-electron chi connectivity index (χ3n) is 4.36. The largest absolute Gasteiger partial charge is 0.387 e. The van der Waals surface area contributed by atoms with Gasteiger partial charge in [0.1, 0.15) is 0 Å². The second-order valence-corrected chi connectivity index (χ2v) is 7.52. The molecule has 1 atom stereocenters. The molecule has 1 heterocycles. The first kappa shape index (κ1) is 19.9. The van der Waals surface area contributed by atoms with Gasteiger partial charge in [-0.2, -0.15) is 11.8 Å². The number of hydrogen-bond acceptors (Lipinski definition) is 4. The van der Waals surface area contributed by atoms with E-state index in [0.717, 1.165) is 56.5 Å². The maximum absolute atomic E-state index is 10.4. The lowest BCUT2D eigenvalue weighted by Gasteiger charge is -2.23. The van der Waals surface area contributed by atoms with Crippen LogP contribution in [-0.2, 0) is 0 Å². The van der Waals surface area contributed by atoms with Crippen LogP contribution in [0.3, 0.4) is 0 Å². The zero-order valence-corrected chi connectivity index (χ0v) is 16.3. The van der Waals surface area contributed by atoms with Gasteiger partial charge in [-0.15, -0.1) is 0 Å². The Hall–Kier alpha value is -1.40. The number of aliphatic imine (C=N–C) groups is 1. The summed E-state index contributed by atoms with van der Waals surface area (Å²) >= 11 is 1.81. The Morgan fingerprint density at radius 3 is 2.72 bits per heavy atom. The Kier molecular flexibility index (Phi) is 8.41. The number of aliphatic hydroxyl groups is 1. The number of guanidine groups is 1. The lowest BCUT2D eigenvalue weighted by molar-refractivity contribution is 0.0778. The van der Waals surface area contributed by atoms with Gasteiger partial charge >= 0.3 is 0 Å². The van der Waals surface area contributed by atoms with Gasteiger partial charge < -0.3 is 20.6 Å². The highest BCUT2D eigenvalue weighted by Gasteiger charge is 2.31. The average molecular weight is 365 g/mol. The molecule has 3 N–H and O–H groups in total. The molecule has 25 heavy (non-hydrogen) atoms. The molecule has 5 nitrogen and oxygen atoms in total. The summed E-state index contributed by atoms with van der Waals surface area (Å²) in [4.78, 5) is 6.96. The molecular weight excluding hydrogens is 332 g/mol. The molecule has 0 saturated carbocycles. The van der Waals surface area contributed by atoms with Gasteiger partial charge in [0.25, 0.3) is 0 Å². The van der Waals surface area contributed by atoms with Gasteiger partial charge in [-0.1, -0.05) is 18.2 Å². The molecule has 0 radical (unpaired) electrons. The van der Waals surface area contributed by atoms with E-state index in [9.17, 15) is 5.11 Å². The van der Waals surface area contributed by atoms with Crippen molar-refractivity contribution in [2.24, 2.45) is 4.99 Å². The van der Waals surface area contributed by atoms with E-state index in [1.807, 2.05) is 0 Å². The van der Waals surface area contributed by atoms with E-state index in [1.54, 1.807) is 11.8 Å². The molecule has 0 aromatic heterocycles. The molecule has 2 rings (SSSR count). The molecule has 1 saturated heterocycles. The van der Waals surface area contributed by atoms with Crippen LogP contribution >= 0.6 is 11.8 Å². The summed E-state index contributed by atoms with van der Waals surface area (Å²) in [7, 11) is 0. The Morgan fingerprint density at radius 1 is 1.28 bits per heavy atom. The fraction of sp³-hybridized carbons (Fsp3) is 0.632. The minimum Gasteiger partial charge on any atom is -0.387 e. The lowest BCUT2D eigenvalue weighted by Crippen LogP contribution is -2.41. The Balaban J connectivity index is 1.76. The molecule has 1 aromatic carbocycles. The zero-order chi connectivity index (χ0) is 18.0. The number of thioether (sulfide) groups is 1. The van der Waals surface area contributed by atoms with Crippen LogP contribution in [0.4, 0.5) is 5.69 Å². The summed E-state index contributed by atoms with van der Waals surface area (Å²) in [5.74, 6) is 2.62.